The molecule has 72 valence electrons. The molecule has 0 fully saturated rings. The maximum absolute atomic E-state index is 12.2. The van der Waals surface area contributed by atoms with Crippen LogP contribution in [-0.4, -0.2) is 10.1 Å². The standard InChI is InChI=1S/C7H5Cl2F2NO/c8-5-3(2-13)1-4(7(10)11)6(9)12-5/h1,7,13H,2H2. The zero-order valence-electron chi connectivity index (χ0n) is 6.27. The van der Waals surface area contributed by atoms with Crippen LogP contribution in [0.2, 0.25) is 10.3 Å². The van der Waals surface area contributed by atoms with Crippen molar-refractivity contribution in [3.05, 3.63) is 27.5 Å². The van der Waals surface area contributed by atoms with Crippen molar-refractivity contribution in [3.8, 4) is 0 Å². The van der Waals surface area contributed by atoms with Crippen LogP contribution in [0.15, 0.2) is 6.07 Å². The summed E-state index contributed by atoms with van der Waals surface area (Å²) in [5, 5.41) is 8.31. The van der Waals surface area contributed by atoms with E-state index in [1.165, 1.54) is 0 Å². The number of aliphatic hydroxyl groups excluding tert-OH is 1. The SMILES string of the molecule is OCc1cc(C(F)F)c(Cl)nc1Cl. The first-order chi connectivity index (χ1) is 6.06. The Morgan fingerprint density at radius 1 is 1.38 bits per heavy atom. The molecule has 0 radical (unpaired) electrons. The molecule has 0 saturated heterocycles. The molecular weight excluding hydrogens is 223 g/mol. The van der Waals surface area contributed by atoms with Gasteiger partial charge in [-0.3, -0.25) is 0 Å². The van der Waals surface area contributed by atoms with E-state index >= 15 is 0 Å². The highest BCUT2D eigenvalue weighted by molar-refractivity contribution is 6.33. The average molecular weight is 228 g/mol. The zero-order valence-corrected chi connectivity index (χ0v) is 7.78. The Balaban J connectivity index is 3.22. The van der Waals surface area contributed by atoms with Crippen molar-refractivity contribution in [2.45, 2.75) is 13.0 Å². The number of aliphatic hydroxyl groups is 1. The van der Waals surface area contributed by atoms with Gasteiger partial charge in [0.15, 0.2) is 0 Å². The Morgan fingerprint density at radius 3 is 2.46 bits per heavy atom. The number of hydrogen-bond donors (Lipinski definition) is 1. The molecule has 1 rings (SSSR count). The molecule has 1 aromatic rings. The minimum Gasteiger partial charge on any atom is -0.392 e. The predicted molar refractivity (Wildman–Crippen MR) is 45.1 cm³/mol. The van der Waals surface area contributed by atoms with Gasteiger partial charge in [0.1, 0.15) is 10.3 Å². The molecular formula is C7H5Cl2F2NO. The molecule has 0 aliphatic rings. The van der Waals surface area contributed by atoms with Crippen LogP contribution in [0.5, 0.6) is 0 Å². The van der Waals surface area contributed by atoms with Crippen molar-refractivity contribution in [3.63, 3.8) is 0 Å². The van der Waals surface area contributed by atoms with Crippen molar-refractivity contribution in [1.82, 2.24) is 4.98 Å². The summed E-state index contributed by atoms with van der Waals surface area (Å²) in [4.78, 5) is 3.46. The Labute approximate surface area is 83.1 Å². The minimum absolute atomic E-state index is 0.0584. The summed E-state index contributed by atoms with van der Waals surface area (Å²) in [6.45, 7) is -0.442. The van der Waals surface area contributed by atoms with E-state index in [2.05, 4.69) is 4.98 Å². The summed E-state index contributed by atoms with van der Waals surface area (Å²) in [7, 11) is 0. The quantitative estimate of drug-likeness (QED) is 0.789. The van der Waals surface area contributed by atoms with Crippen molar-refractivity contribution in [2.75, 3.05) is 0 Å². The van der Waals surface area contributed by atoms with Crippen LogP contribution in [0.25, 0.3) is 0 Å². The second-order valence-electron chi connectivity index (χ2n) is 2.28. The first-order valence-corrected chi connectivity index (χ1v) is 4.05. The maximum Gasteiger partial charge on any atom is 0.266 e. The second-order valence-corrected chi connectivity index (χ2v) is 2.99. The van der Waals surface area contributed by atoms with Gasteiger partial charge in [-0.25, -0.2) is 13.8 Å². The third kappa shape index (κ3) is 2.27. The number of hydrogen-bond acceptors (Lipinski definition) is 2. The molecule has 6 heteroatoms. The van der Waals surface area contributed by atoms with Crippen molar-refractivity contribution in [1.29, 1.82) is 0 Å². The zero-order chi connectivity index (χ0) is 10.0. The molecule has 0 aromatic carbocycles. The Hall–Kier alpha value is -0.450. The lowest BCUT2D eigenvalue weighted by atomic mass is 10.2. The fraction of sp³-hybridized carbons (Fsp3) is 0.286. The molecule has 0 unspecified atom stereocenters. The van der Waals surface area contributed by atoms with Crippen LogP contribution in [0.4, 0.5) is 8.78 Å². The third-order valence-corrected chi connectivity index (χ3v) is 2.06. The highest BCUT2D eigenvalue weighted by Gasteiger charge is 2.15. The summed E-state index contributed by atoms with van der Waals surface area (Å²) >= 11 is 10.9. The maximum atomic E-state index is 12.2. The van der Waals surface area contributed by atoms with E-state index in [1.54, 1.807) is 0 Å². The van der Waals surface area contributed by atoms with Gasteiger partial charge < -0.3 is 5.11 Å². The van der Waals surface area contributed by atoms with Gasteiger partial charge in [0.05, 0.1) is 12.2 Å². The average Bonchev–Trinajstić information content (AvgIpc) is 2.03. The van der Waals surface area contributed by atoms with Gasteiger partial charge in [0.25, 0.3) is 6.43 Å². The summed E-state index contributed by atoms with van der Waals surface area (Å²) in [5.74, 6) is 0. The molecule has 0 saturated carbocycles. The number of alkyl halides is 2. The number of aromatic nitrogens is 1. The third-order valence-electron chi connectivity index (χ3n) is 1.43. The van der Waals surface area contributed by atoms with Crippen LogP contribution >= 0.6 is 23.2 Å². The lowest BCUT2D eigenvalue weighted by Crippen LogP contribution is -1.95. The minimum atomic E-state index is -2.72. The summed E-state index contributed by atoms with van der Waals surface area (Å²) in [6, 6.07) is 1.04. The van der Waals surface area contributed by atoms with E-state index < -0.39 is 18.6 Å². The van der Waals surface area contributed by atoms with Crippen LogP contribution in [0.1, 0.15) is 17.6 Å². The highest BCUT2D eigenvalue weighted by atomic mass is 35.5. The normalized spacial score (nSPS) is 10.9. The van der Waals surface area contributed by atoms with E-state index in [-0.39, 0.29) is 15.9 Å². The topological polar surface area (TPSA) is 33.1 Å². The molecule has 0 aliphatic carbocycles. The molecule has 1 heterocycles. The fourth-order valence-electron chi connectivity index (χ4n) is 0.793. The number of nitrogens with zero attached hydrogens (tertiary/aromatic N) is 1. The first kappa shape index (κ1) is 10.6. The van der Waals surface area contributed by atoms with E-state index in [0.29, 0.717) is 0 Å². The van der Waals surface area contributed by atoms with Gasteiger partial charge in [0, 0.05) is 5.56 Å². The monoisotopic (exact) mass is 227 g/mol. The summed E-state index contributed by atoms with van der Waals surface area (Å²) < 4.78 is 24.5. The van der Waals surface area contributed by atoms with Gasteiger partial charge in [-0.1, -0.05) is 23.2 Å². The Morgan fingerprint density at radius 2 is 2.00 bits per heavy atom. The van der Waals surface area contributed by atoms with Crippen molar-refractivity contribution in [2.24, 2.45) is 0 Å². The van der Waals surface area contributed by atoms with E-state index in [9.17, 15) is 8.78 Å². The van der Waals surface area contributed by atoms with Crippen molar-refractivity contribution >= 4 is 23.2 Å². The summed E-state index contributed by atoms with van der Waals surface area (Å²) in [5.41, 5.74) is -0.281. The predicted octanol–water partition coefficient (Wildman–Crippen LogP) is 2.82. The van der Waals surface area contributed by atoms with Gasteiger partial charge in [0.2, 0.25) is 0 Å². The molecule has 13 heavy (non-hydrogen) atoms. The Bertz CT molecular complexity index is 320. The molecule has 2 nitrogen and oxygen atoms in total. The molecule has 1 N–H and O–H groups in total. The van der Waals surface area contributed by atoms with Crippen molar-refractivity contribution < 1.29 is 13.9 Å². The van der Waals surface area contributed by atoms with Crippen LogP contribution in [0, 0.1) is 0 Å². The molecule has 0 aliphatic heterocycles. The largest absolute Gasteiger partial charge is 0.392 e. The second kappa shape index (κ2) is 4.17. The van der Waals surface area contributed by atoms with Gasteiger partial charge in [-0.15, -0.1) is 0 Å². The summed E-state index contributed by atoms with van der Waals surface area (Å²) in [6.07, 6.45) is -2.72. The lowest BCUT2D eigenvalue weighted by Gasteiger charge is -2.05. The van der Waals surface area contributed by atoms with E-state index in [0.717, 1.165) is 6.07 Å². The molecule has 0 amide bonds. The molecule has 0 bridgehead atoms. The number of pyridine rings is 1. The molecule has 0 spiro atoms. The van der Waals surface area contributed by atoms with Gasteiger partial charge in [-0.05, 0) is 6.07 Å². The number of halogens is 4. The van der Waals surface area contributed by atoms with Gasteiger partial charge >= 0.3 is 0 Å². The van der Waals surface area contributed by atoms with E-state index in [4.69, 9.17) is 28.3 Å². The van der Waals surface area contributed by atoms with Crippen LogP contribution < -0.4 is 0 Å². The van der Waals surface area contributed by atoms with Gasteiger partial charge in [-0.2, -0.15) is 0 Å². The molecule has 0 atom stereocenters. The highest BCUT2D eigenvalue weighted by Crippen LogP contribution is 2.29. The number of rotatable bonds is 2. The smallest absolute Gasteiger partial charge is 0.266 e. The van der Waals surface area contributed by atoms with Crippen LogP contribution in [-0.2, 0) is 6.61 Å². The van der Waals surface area contributed by atoms with E-state index in [1.807, 2.05) is 0 Å². The fourth-order valence-corrected chi connectivity index (χ4v) is 1.26. The molecule has 1 aromatic heterocycles. The lowest BCUT2D eigenvalue weighted by molar-refractivity contribution is 0.150. The Kier molecular flexibility index (Phi) is 3.41. The van der Waals surface area contributed by atoms with Crippen LogP contribution in [0.3, 0.4) is 0 Å². The first-order valence-electron chi connectivity index (χ1n) is 3.30.